The first kappa shape index (κ1) is 9.54. The van der Waals surface area contributed by atoms with Crippen LogP contribution in [0.1, 0.15) is 40.0 Å². The molecule has 0 aromatic heterocycles. The second-order valence-corrected chi connectivity index (χ2v) is 4.22. The second kappa shape index (κ2) is 3.06. The van der Waals surface area contributed by atoms with E-state index in [1.54, 1.807) is 0 Å². The molecule has 1 aliphatic rings. The fourth-order valence-electron chi connectivity index (χ4n) is 1.45. The smallest absolute Gasteiger partial charge is 0.109 e. The zero-order valence-electron chi connectivity index (χ0n) is 8.28. The Bertz CT molecular complexity index is 200. The summed E-state index contributed by atoms with van der Waals surface area (Å²) in [6, 6.07) is 2.40. The predicted molar refractivity (Wildman–Crippen MR) is 49.7 cm³/mol. The summed E-state index contributed by atoms with van der Waals surface area (Å²) in [5, 5.41) is 12.4. The maximum absolute atomic E-state index is 9.08. The van der Waals surface area contributed by atoms with Gasteiger partial charge in [-0.1, -0.05) is 13.8 Å². The van der Waals surface area contributed by atoms with Gasteiger partial charge in [0.15, 0.2) is 0 Å². The van der Waals surface area contributed by atoms with Crippen LogP contribution >= 0.6 is 0 Å². The lowest BCUT2D eigenvalue weighted by molar-refractivity contribution is 0.297. The summed E-state index contributed by atoms with van der Waals surface area (Å²) in [4.78, 5) is 0. The first-order valence-electron chi connectivity index (χ1n) is 4.74. The van der Waals surface area contributed by atoms with Crippen LogP contribution in [-0.4, -0.2) is 12.1 Å². The number of nitriles is 1. The summed E-state index contributed by atoms with van der Waals surface area (Å²) in [6.07, 6.45) is 3.47. The highest BCUT2D eigenvalue weighted by Gasteiger charge is 2.53. The third kappa shape index (κ3) is 1.47. The Hall–Kier alpha value is -0.550. The molecule has 12 heavy (non-hydrogen) atoms. The van der Waals surface area contributed by atoms with Crippen molar-refractivity contribution in [3.8, 4) is 6.07 Å². The van der Waals surface area contributed by atoms with Gasteiger partial charge in [0.25, 0.3) is 0 Å². The highest BCUT2D eigenvalue weighted by atomic mass is 15.0. The molecule has 1 unspecified atom stereocenters. The third-order valence-electron chi connectivity index (χ3n) is 3.16. The maximum Gasteiger partial charge on any atom is 0.109 e. The second-order valence-electron chi connectivity index (χ2n) is 4.22. The fraction of sp³-hybridized carbons (Fsp3) is 0.900. The zero-order valence-corrected chi connectivity index (χ0v) is 8.28. The van der Waals surface area contributed by atoms with E-state index in [1.165, 1.54) is 12.8 Å². The lowest BCUT2D eigenvalue weighted by Gasteiger charge is -2.30. The quantitative estimate of drug-likeness (QED) is 0.694. The minimum absolute atomic E-state index is 0.233. The minimum Gasteiger partial charge on any atom is -0.299 e. The molecule has 0 heterocycles. The predicted octanol–water partition coefficient (Wildman–Crippen LogP) is 2.07. The fourth-order valence-corrected chi connectivity index (χ4v) is 1.45. The molecule has 0 aliphatic heterocycles. The molecule has 1 atom stereocenters. The Morgan fingerprint density at radius 2 is 2.17 bits per heavy atom. The van der Waals surface area contributed by atoms with E-state index in [-0.39, 0.29) is 11.0 Å². The molecule has 2 heteroatoms. The molecule has 1 N–H and O–H groups in total. The Balaban J connectivity index is 2.58. The summed E-state index contributed by atoms with van der Waals surface area (Å²) >= 11 is 0. The van der Waals surface area contributed by atoms with Gasteiger partial charge in [-0.2, -0.15) is 5.26 Å². The summed E-state index contributed by atoms with van der Waals surface area (Å²) in [5.41, 5.74) is -0.0695. The van der Waals surface area contributed by atoms with Crippen LogP contribution in [0.25, 0.3) is 0 Å². The van der Waals surface area contributed by atoms with Gasteiger partial charge in [-0.05, 0) is 38.1 Å². The average Bonchev–Trinajstić information content (AvgIpc) is 2.81. The Morgan fingerprint density at radius 1 is 1.58 bits per heavy atom. The maximum atomic E-state index is 9.08. The van der Waals surface area contributed by atoms with E-state index in [1.807, 2.05) is 6.92 Å². The van der Waals surface area contributed by atoms with Crippen molar-refractivity contribution in [2.24, 2.45) is 5.41 Å². The molecule has 0 spiro atoms. The molecule has 0 radical (unpaired) electrons. The van der Waals surface area contributed by atoms with Gasteiger partial charge in [-0.3, -0.25) is 5.32 Å². The van der Waals surface area contributed by atoms with E-state index in [0.717, 1.165) is 13.0 Å². The molecule has 1 aliphatic carbocycles. The molecular formula is C10H18N2. The monoisotopic (exact) mass is 166 g/mol. The summed E-state index contributed by atoms with van der Waals surface area (Å²) < 4.78 is 0. The Morgan fingerprint density at radius 3 is 2.50 bits per heavy atom. The van der Waals surface area contributed by atoms with E-state index in [9.17, 15) is 0 Å². The van der Waals surface area contributed by atoms with Gasteiger partial charge in [0, 0.05) is 0 Å². The van der Waals surface area contributed by atoms with E-state index in [0.29, 0.717) is 0 Å². The van der Waals surface area contributed by atoms with Crippen LogP contribution in [0.3, 0.4) is 0 Å². The van der Waals surface area contributed by atoms with Gasteiger partial charge in [-0.25, -0.2) is 0 Å². The molecule has 0 saturated heterocycles. The van der Waals surface area contributed by atoms with E-state index >= 15 is 0 Å². The average molecular weight is 166 g/mol. The van der Waals surface area contributed by atoms with Gasteiger partial charge in [-0.15, -0.1) is 0 Å². The van der Waals surface area contributed by atoms with Crippen molar-refractivity contribution in [2.45, 2.75) is 45.6 Å². The van der Waals surface area contributed by atoms with Crippen LogP contribution in [0.5, 0.6) is 0 Å². The number of nitrogens with one attached hydrogen (secondary N) is 1. The van der Waals surface area contributed by atoms with Crippen molar-refractivity contribution in [1.82, 2.24) is 5.32 Å². The third-order valence-corrected chi connectivity index (χ3v) is 3.16. The van der Waals surface area contributed by atoms with Crippen molar-refractivity contribution >= 4 is 0 Å². The van der Waals surface area contributed by atoms with Gasteiger partial charge in [0.1, 0.15) is 5.54 Å². The van der Waals surface area contributed by atoms with Crippen LogP contribution in [0, 0.1) is 16.7 Å². The molecule has 0 aromatic carbocycles. The Kier molecular flexibility index (Phi) is 2.44. The normalized spacial score (nSPS) is 24.2. The van der Waals surface area contributed by atoms with Crippen molar-refractivity contribution in [3.05, 3.63) is 0 Å². The van der Waals surface area contributed by atoms with Crippen molar-refractivity contribution in [1.29, 1.82) is 5.26 Å². The highest BCUT2D eigenvalue weighted by molar-refractivity contribution is 5.19. The Labute approximate surface area is 75.0 Å². The standard InChI is InChI=1S/C10H18N2/c1-4-7-12-10(3,8-11)9(2)5-6-9/h12H,4-7H2,1-3H3. The molecule has 1 fully saturated rings. The van der Waals surface area contributed by atoms with Crippen LogP contribution in [-0.2, 0) is 0 Å². The van der Waals surface area contributed by atoms with Gasteiger partial charge in [0.05, 0.1) is 6.07 Å². The number of hydrogen-bond acceptors (Lipinski definition) is 2. The van der Waals surface area contributed by atoms with Crippen LogP contribution < -0.4 is 5.32 Å². The molecule has 68 valence electrons. The number of rotatable bonds is 4. The largest absolute Gasteiger partial charge is 0.299 e. The molecule has 1 rings (SSSR count). The van der Waals surface area contributed by atoms with Gasteiger partial charge < -0.3 is 0 Å². The zero-order chi connectivity index (χ0) is 9.24. The lowest BCUT2D eigenvalue weighted by Crippen LogP contribution is -2.48. The van der Waals surface area contributed by atoms with Crippen LogP contribution in [0.2, 0.25) is 0 Å². The van der Waals surface area contributed by atoms with E-state index < -0.39 is 0 Å². The number of nitrogens with zero attached hydrogens (tertiary/aromatic N) is 1. The minimum atomic E-state index is -0.303. The first-order chi connectivity index (χ1) is 5.58. The molecule has 0 bridgehead atoms. The summed E-state index contributed by atoms with van der Waals surface area (Å²) in [6.45, 7) is 7.29. The topological polar surface area (TPSA) is 35.8 Å². The van der Waals surface area contributed by atoms with Crippen LogP contribution in [0.15, 0.2) is 0 Å². The van der Waals surface area contributed by atoms with Crippen molar-refractivity contribution < 1.29 is 0 Å². The van der Waals surface area contributed by atoms with Crippen molar-refractivity contribution in [2.75, 3.05) is 6.54 Å². The first-order valence-corrected chi connectivity index (χ1v) is 4.74. The highest BCUT2D eigenvalue weighted by Crippen LogP contribution is 2.53. The molecular weight excluding hydrogens is 148 g/mol. The molecule has 2 nitrogen and oxygen atoms in total. The van der Waals surface area contributed by atoms with E-state index in [2.05, 4.69) is 25.2 Å². The van der Waals surface area contributed by atoms with Gasteiger partial charge in [0.2, 0.25) is 0 Å². The van der Waals surface area contributed by atoms with E-state index in [4.69, 9.17) is 5.26 Å². The molecule has 1 saturated carbocycles. The summed E-state index contributed by atoms with van der Waals surface area (Å²) in [7, 11) is 0. The lowest BCUT2D eigenvalue weighted by atomic mass is 9.85. The molecule has 0 amide bonds. The van der Waals surface area contributed by atoms with Gasteiger partial charge >= 0.3 is 0 Å². The number of hydrogen-bond donors (Lipinski definition) is 1. The van der Waals surface area contributed by atoms with Crippen molar-refractivity contribution in [3.63, 3.8) is 0 Å². The molecule has 0 aromatic rings. The van der Waals surface area contributed by atoms with Crippen LogP contribution in [0.4, 0.5) is 0 Å². The SMILES string of the molecule is CCCNC(C)(C#N)C1(C)CC1. The summed E-state index contributed by atoms with van der Waals surface area (Å²) in [5.74, 6) is 0.